The Labute approximate surface area is 196 Å². The van der Waals surface area contributed by atoms with Crippen molar-refractivity contribution in [1.29, 1.82) is 0 Å². The fraction of sp³-hybridized carbons (Fsp3) is 0.240. The number of imidazole rings is 1. The molecule has 33 heavy (non-hydrogen) atoms. The summed E-state index contributed by atoms with van der Waals surface area (Å²) in [6.45, 7) is 1.78. The molecule has 8 heteroatoms. The number of benzene rings is 2. The van der Waals surface area contributed by atoms with Crippen molar-refractivity contribution in [3.05, 3.63) is 89.4 Å². The van der Waals surface area contributed by atoms with E-state index in [4.69, 9.17) is 9.72 Å². The van der Waals surface area contributed by atoms with Gasteiger partial charge in [0.25, 0.3) is 5.91 Å². The minimum atomic E-state index is -0.243. The monoisotopic (exact) mass is 464 g/mol. The van der Waals surface area contributed by atoms with Crippen LogP contribution in [-0.2, 0) is 17.0 Å². The first kappa shape index (κ1) is 22.9. The zero-order valence-electron chi connectivity index (χ0n) is 18.3. The number of ether oxygens (including phenoxy) is 1. The lowest BCUT2D eigenvalue weighted by molar-refractivity contribution is 0.0948. The van der Waals surface area contributed by atoms with Gasteiger partial charge in [-0.15, -0.1) is 0 Å². The average molecular weight is 465 g/mol. The third kappa shape index (κ3) is 5.97. The Hall–Kier alpha value is -3.23. The summed E-state index contributed by atoms with van der Waals surface area (Å²) in [5.74, 6) is 0.335. The van der Waals surface area contributed by atoms with Gasteiger partial charge in [0.2, 0.25) is 0 Å². The third-order valence-corrected chi connectivity index (χ3v) is 6.17. The molecular formula is C25H25FN4O2S. The highest BCUT2D eigenvalue weighted by molar-refractivity contribution is 7.98. The van der Waals surface area contributed by atoms with Crippen molar-refractivity contribution < 1.29 is 13.9 Å². The molecule has 0 spiro atoms. The lowest BCUT2D eigenvalue weighted by Gasteiger charge is -2.10. The highest BCUT2D eigenvalue weighted by Gasteiger charge is 2.13. The maximum Gasteiger partial charge on any atom is 0.251 e. The highest BCUT2D eigenvalue weighted by atomic mass is 32.2. The quantitative estimate of drug-likeness (QED) is 0.273. The Bertz CT molecular complexity index is 1210. The van der Waals surface area contributed by atoms with Crippen LogP contribution in [0.5, 0.6) is 0 Å². The number of carbonyl (C=O) groups is 1. The van der Waals surface area contributed by atoms with Crippen molar-refractivity contribution in [3.63, 3.8) is 0 Å². The number of carbonyl (C=O) groups excluding carboxylic acids is 1. The first-order valence-electron chi connectivity index (χ1n) is 10.7. The summed E-state index contributed by atoms with van der Waals surface area (Å²) in [7, 11) is 1.65. The van der Waals surface area contributed by atoms with Gasteiger partial charge < -0.3 is 10.1 Å². The summed E-state index contributed by atoms with van der Waals surface area (Å²) in [5.41, 5.74) is 4.31. The van der Waals surface area contributed by atoms with Gasteiger partial charge in [0, 0.05) is 37.8 Å². The second-order valence-electron chi connectivity index (χ2n) is 7.54. The molecule has 0 saturated carbocycles. The van der Waals surface area contributed by atoms with Crippen LogP contribution in [0.1, 0.15) is 27.9 Å². The van der Waals surface area contributed by atoms with E-state index >= 15 is 0 Å². The summed E-state index contributed by atoms with van der Waals surface area (Å²) < 4.78 is 20.3. The van der Waals surface area contributed by atoms with Crippen molar-refractivity contribution >= 4 is 28.8 Å². The first-order valence-corrected chi connectivity index (χ1v) is 11.7. The number of hydrogen-bond acceptors (Lipinski definition) is 5. The fourth-order valence-corrected chi connectivity index (χ4v) is 4.34. The van der Waals surface area contributed by atoms with Crippen LogP contribution in [-0.4, -0.2) is 40.7 Å². The lowest BCUT2D eigenvalue weighted by atomic mass is 10.1. The van der Waals surface area contributed by atoms with E-state index in [1.807, 2.05) is 36.4 Å². The number of pyridine rings is 1. The van der Waals surface area contributed by atoms with Crippen molar-refractivity contribution in [2.24, 2.45) is 0 Å². The van der Waals surface area contributed by atoms with Gasteiger partial charge in [-0.05, 0) is 53.9 Å². The Kier molecular flexibility index (Phi) is 7.70. The number of methoxy groups -OCH3 is 1. The zero-order chi connectivity index (χ0) is 23.0. The molecule has 0 atom stereocenters. The van der Waals surface area contributed by atoms with E-state index in [1.165, 1.54) is 12.1 Å². The minimum Gasteiger partial charge on any atom is -0.385 e. The molecule has 2 aromatic heterocycles. The molecule has 1 N–H and O–H groups in total. The van der Waals surface area contributed by atoms with Gasteiger partial charge in [-0.1, -0.05) is 36.0 Å². The summed E-state index contributed by atoms with van der Waals surface area (Å²) in [6.07, 6.45) is 2.53. The second-order valence-corrected chi connectivity index (χ2v) is 8.48. The molecular weight excluding hydrogens is 439 g/mol. The number of amides is 1. The Balaban J connectivity index is 1.48. The number of fused-ring (bicyclic) bond motifs is 1. The van der Waals surface area contributed by atoms with Gasteiger partial charge >= 0.3 is 0 Å². The molecule has 0 aliphatic heterocycles. The molecule has 0 aliphatic carbocycles. The van der Waals surface area contributed by atoms with Crippen LogP contribution in [0.3, 0.4) is 0 Å². The molecule has 170 valence electrons. The second kappa shape index (κ2) is 11.1. The Morgan fingerprint density at radius 2 is 1.85 bits per heavy atom. The van der Waals surface area contributed by atoms with E-state index in [0.29, 0.717) is 31.0 Å². The van der Waals surface area contributed by atoms with Gasteiger partial charge in [-0.25, -0.2) is 14.4 Å². The number of nitrogens with zero attached hydrogens (tertiary/aromatic N) is 3. The molecule has 2 heterocycles. The number of halogens is 1. The summed E-state index contributed by atoms with van der Waals surface area (Å²) in [4.78, 5) is 21.6. The van der Waals surface area contributed by atoms with Crippen molar-refractivity contribution in [2.45, 2.75) is 23.9 Å². The van der Waals surface area contributed by atoms with Crippen LogP contribution in [0, 0.1) is 5.82 Å². The molecule has 0 bridgehead atoms. The maximum absolute atomic E-state index is 13.2. The number of aromatic nitrogens is 3. The highest BCUT2D eigenvalue weighted by Crippen LogP contribution is 2.27. The molecule has 4 rings (SSSR count). The average Bonchev–Trinajstić information content (AvgIpc) is 3.19. The van der Waals surface area contributed by atoms with E-state index in [1.54, 1.807) is 37.2 Å². The fourth-order valence-electron chi connectivity index (χ4n) is 3.38. The van der Waals surface area contributed by atoms with E-state index in [9.17, 15) is 9.18 Å². The lowest BCUT2D eigenvalue weighted by Crippen LogP contribution is -2.25. The molecule has 0 aliphatic rings. The van der Waals surface area contributed by atoms with E-state index in [0.717, 1.165) is 33.9 Å². The van der Waals surface area contributed by atoms with Crippen LogP contribution < -0.4 is 5.32 Å². The Morgan fingerprint density at radius 1 is 1.09 bits per heavy atom. The van der Waals surface area contributed by atoms with E-state index in [-0.39, 0.29) is 11.7 Å². The van der Waals surface area contributed by atoms with E-state index in [2.05, 4.69) is 14.9 Å². The molecule has 4 aromatic rings. The van der Waals surface area contributed by atoms with Gasteiger partial charge in [0.15, 0.2) is 10.8 Å². The minimum absolute atomic E-state index is 0.0945. The van der Waals surface area contributed by atoms with E-state index < -0.39 is 0 Å². The number of thioether (sulfide) groups is 1. The zero-order valence-corrected chi connectivity index (χ0v) is 19.1. The number of hydrogen-bond donors (Lipinski definition) is 1. The van der Waals surface area contributed by atoms with Crippen LogP contribution in [0.2, 0.25) is 0 Å². The third-order valence-electron chi connectivity index (χ3n) is 5.12. The first-order chi connectivity index (χ1) is 16.1. The molecule has 0 radical (unpaired) electrons. The summed E-state index contributed by atoms with van der Waals surface area (Å²) in [5, 5.41) is 3.74. The standard InChI is InChI=1S/C25H25FN4O2S/c1-32-15-3-14-28-24(31)20-9-5-18(6-10-20)16-30-23-22(4-2-13-27-23)29-25(30)33-17-19-7-11-21(26)12-8-19/h2,4-13H,3,14-17H2,1H3,(H,28,31). The van der Waals surface area contributed by atoms with Crippen LogP contribution in [0.15, 0.2) is 72.0 Å². The summed E-state index contributed by atoms with van der Waals surface area (Å²) >= 11 is 1.59. The SMILES string of the molecule is COCCCNC(=O)c1ccc(Cn2c(SCc3ccc(F)cc3)nc3cccnc32)cc1. The molecule has 1 amide bonds. The largest absolute Gasteiger partial charge is 0.385 e. The van der Waals surface area contributed by atoms with Crippen molar-refractivity contribution in [3.8, 4) is 0 Å². The molecule has 0 saturated heterocycles. The smallest absolute Gasteiger partial charge is 0.251 e. The molecule has 0 fully saturated rings. The number of nitrogens with one attached hydrogen (secondary N) is 1. The maximum atomic E-state index is 13.2. The normalized spacial score (nSPS) is 11.1. The number of rotatable bonds is 10. The van der Waals surface area contributed by atoms with Crippen LogP contribution in [0.25, 0.3) is 11.2 Å². The predicted molar refractivity (Wildman–Crippen MR) is 128 cm³/mol. The Morgan fingerprint density at radius 3 is 2.61 bits per heavy atom. The topological polar surface area (TPSA) is 69.0 Å². The van der Waals surface area contributed by atoms with Gasteiger partial charge in [-0.3, -0.25) is 9.36 Å². The summed E-state index contributed by atoms with van der Waals surface area (Å²) in [6, 6.07) is 17.9. The van der Waals surface area contributed by atoms with Crippen LogP contribution >= 0.6 is 11.8 Å². The van der Waals surface area contributed by atoms with Crippen molar-refractivity contribution in [2.75, 3.05) is 20.3 Å². The molecule has 6 nitrogen and oxygen atoms in total. The van der Waals surface area contributed by atoms with Crippen LogP contribution in [0.4, 0.5) is 4.39 Å². The molecule has 0 unspecified atom stereocenters. The van der Waals surface area contributed by atoms with Gasteiger partial charge in [0.05, 0.1) is 6.54 Å². The van der Waals surface area contributed by atoms with Gasteiger partial charge in [-0.2, -0.15) is 0 Å². The molecule has 2 aromatic carbocycles. The van der Waals surface area contributed by atoms with Gasteiger partial charge in [0.1, 0.15) is 11.3 Å². The van der Waals surface area contributed by atoms with Crippen molar-refractivity contribution in [1.82, 2.24) is 19.9 Å². The predicted octanol–water partition coefficient (Wildman–Crippen LogP) is 4.68.